The van der Waals surface area contributed by atoms with Crippen molar-refractivity contribution in [3.05, 3.63) is 90.3 Å². The molecule has 0 unspecified atom stereocenters. The molecule has 1 saturated heterocycles. The van der Waals surface area contributed by atoms with Gasteiger partial charge in [-0.05, 0) is 30.3 Å². The number of carboxylic acids is 1. The van der Waals surface area contributed by atoms with Crippen molar-refractivity contribution in [1.82, 2.24) is 35.3 Å². The standard InChI is InChI=1S/C36H35F2N7O11/c1-18(47)39-28-25(48)15-36(35(52)53,56-32(28)31(50)26(49)17-46)55-27-12-11-21(14-23(27)33(37)38)44-16-24(40-42-44)20-9-6-10-22(13-20)45-30(19-7-4-3-5-8-19)29(41-43-45)34(51)54-2/h3-14,16,25-26,28,31-33,46,48-50H,15,17H2,1-2H3,(H,39,47)(H,52,53)/t25-,26+,28+,31+,32+,36+/m0/s1. The average Bonchev–Trinajstić information content (AvgIpc) is 3.87. The summed E-state index contributed by atoms with van der Waals surface area (Å²) in [5, 5.41) is 70.1. The Morgan fingerprint density at radius 1 is 1.00 bits per heavy atom. The summed E-state index contributed by atoms with van der Waals surface area (Å²) in [5.74, 6) is -6.86. The van der Waals surface area contributed by atoms with E-state index in [0.717, 1.165) is 19.1 Å². The van der Waals surface area contributed by atoms with Crippen molar-refractivity contribution in [2.45, 2.75) is 56.0 Å². The second-order valence-electron chi connectivity index (χ2n) is 12.7. The first-order valence-corrected chi connectivity index (χ1v) is 16.8. The third-order valence-electron chi connectivity index (χ3n) is 8.93. The van der Waals surface area contributed by atoms with Gasteiger partial charge in [0.2, 0.25) is 5.91 Å². The number of carbonyl (C=O) groups is 3. The smallest absolute Gasteiger partial charge is 0.377 e. The molecule has 0 spiro atoms. The number of aliphatic carboxylic acids is 1. The molecule has 0 saturated carbocycles. The summed E-state index contributed by atoms with van der Waals surface area (Å²) in [6.07, 6.45) is -10.4. The van der Waals surface area contributed by atoms with Crippen LogP contribution in [0.25, 0.3) is 33.9 Å². The molecule has 20 heteroatoms. The van der Waals surface area contributed by atoms with E-state index < -0.39 is 84.9 Å². The Labute approximate surface area is 315 Å². The number of benzene rings is 3. The van der Waals surface area contributed by atoms with Crippen molar-refractivity contribution in [2.24, 2.45) is 0 Å². The number of esters is 1. The maximum Gasteiger partial charge on any atom is 0.377 e. The fourth-order valence-electron chi connectivity index (χ4n) is 6.22. The first kappa shape index (κ1) is 39.5. The molecule has 6 rings (SSSR count). The fourth-order valence-corrected chi connectivity index (χ4v) is 6.22. The van der Waals surface area contributed by atoms with Crippen LogP contribution in [0.2, 0.25) is 0 Å². The third-order valence-corrected chi connectivity index (χ3v) is 8.93. The van der Waals surface area contributed by atoms with Gasteiger partial charge in [-0.1, -0.05) is 52.9 Å². The van der Waals surface area contributed by atoms with Gasteiger partial charge in [0.15, 0.2) is 5.69 Å². The molecule has 18 nitrogen and oxygen atoms in total. The van der Waals surface area contributed by atoms with E-state index in [1.807, 2.05) is 6.07 Å². The number of halogens is 2. The average molecular weight is 780 g/mol. The lowest BCUT2D eigenvalue weighted by molar-refractivity contribution is -0.284. The lowest BCUT2D eigenvalue weighted by Crippen LogP contribution is -2.68. The zero-order chi connectivity index (χ0) is 40.3. The number of amides is 1. The minimum absolute atomic E-state index is 0.00935. The van der Waals surface area contributed by atoms with Crippen LogP contribution in [0, 0.1) is 0 Å². The van der Waals surface area contributed by atoms with E-state index in [1.54, 1.807) is 48.5 Å². The summed E-state index contributed by atoms with van der Waals surface area (Å²) >= 11 is 0. The highest BCUT2D eigenvalue weighted by Crippen LogP contribution is 2.39. The van der Waals surface area contributed by atoms with E-state index >= 15 is 0 Å². The van der Waals surface area contributed by atoms with Crippen LogP contribution in [0.5, 0.6) is 5.75 Å². The molecule has 6 atom stereocenters. The number of aliphatic hydroxyl groups excluding tert-OH is 4. The predicted molar refractivity (Wildman–Crippen MR) is 187 cm³/mol. The molecule has 1 amide bonds. The lowest BCUT2D eigenvalue weighted by Gasteiger charge is -2.46. The molecule has 2 aromatic heterocycles. The van der Waals surface area contributed by atoms with Crippen LogP contribution < -0.4 is 10.1 Å². The van der Waals surface area contributed by atoms with E-state index in [1.165, 1.54) is 28.7 Å². The largest absolute Gasteiger partial charge is 0.476 e. The van der Waals surface area contributed by atoms with Gasteiger partial charge in [0.1, 0.15) is 35.4 Å². The number of aromatic nitrogens is 6. The molecule has 294 valence electrons. The van der Waals surface area contributed by atoms with Crippen molar-refractivity contribution in [3.8, 4) is 39.6 Å². The third kappa shape index (κ3) is 7.81. The first-order valence-electron chi connectivity index (χ1n) is 16.8. The number of hydrogen-bond donors (Lipinski definition) is 6. The number of carbonyl (C=O) groups excluding carboxylic acids is 2. The number of ether oxygens (including phenoxy) is 3. The molecule has 56 heavy (non-hydrogen) atoms. The van der Waals surface area contributed by atoms with Gasteiger partial charge in [0, 0.05) is 18.1 Å². The molecule has 6 N–H and O–H groups in total. The van der Waals surface area contributed by atoms with Crippen molar-refractivity contribution in [3.63, 3.8) is 0 Å². The van der Waals surface area contributed by atoms with Gasteiger partial charge in [0.05, 0.1) is 55.4 Å². The zero-order valence-corrected chi connectivity index (χ0v) is 29.5. The predicted octanol–water partition coefficient (Wildman–Crippen LogP) is 1.43. The van der Waals surface area contributed by atoms with Crippen LogP contribution >= 0.6 is 0 Å². The van der Waals surface area contributed by atoms with Gasteiger partial charge in [0.25, 0.3) is 6.43 Å². The second kappa shape index (κ2) is 16.3. The minimum Gasteiger partial charge on any atom is -0.476 e. The Morgan fingerprint density at radius 2 is 1.73 bits per heavy atom. The molecule has 1 aliphatic rings. The highest BCUT2D eigenvalue weighted by atomic mass is 19.3. The van der Waals surface area contributed by atoms with Crippen LogP contribution in [0.15, 0.2) is 79.0 Å². The van der Waals surface area contributed by atoms with Crippen LogP contribution in [0.4, 0.5) is 8.78 Å². The highest BCUT2D eigenvalue weighted by Gasteiger charge is 2.57. The Hall–Kier alpha value is -6.19. The lowest BCUT2D eigenvalue weighted by atomic mass is 9.88. The maximum absolute atomic E-state index is 14.6. The van der Waals surface area contributed by atoms with Gasteiger partial charge in [-0.25, -0.2) is 27.7 Å². The number of nitrogens with zero attached hydrogens (tertiary/aromatic N) is 6. The summed E-state index contributed by atoms with van der Waals surface area (Å²) in [5.41, 5.74) is 1.58. The van der Waals surface area contributed by atoms with Crippen molar-refractivity contribution >= 4 is 17.8 Å². The van der Waals surface area contributed by atoms with Crippen LogP contribution in [0.3, 0.4) is 0 Å². The molecule has 0 aliphatic carbocycles. The SMILES string of the molecule is COC(=O)c1nnn(-c2cccc(-c3cn(-c4ccc(O[C@]5(C(=O)O)C[C@H](O)[C@@H](NC(C)=O)[C@H]([C@H](O)[C@H](O)CO)O5)c(C(F)F)c4)nn3)c2)c1-c1ccccc1. The topological polar surface area (TPSA) is 253 Å². The number of alkyl halides is 2. The summed E-state index contributed by atoms with van der Waals surface area (Å²) in [4.78, 5) is 37.0. The number of carboxylic acid groups (broad SMARTS) is 1. The van der Waals surface area contributed by atoms with Crippen LogP contribution in [-0.4, -0.2) is 123 Å². The van der Waals surface area contributed by atoms with Gasteiger partial charge in [-0.15, -0.1) is 10.2 Å². The highest BCUT2D eigenvalue weighted by molar-refractivity contribution is 5.94. The Balaban J connectivity index is 1.31. The number of aliphatic hydroxyl groups is 4. The normalized spacial score (nSPS) is 20.6. The number of hydrogen-bond acceptors (Lipinski definition) is 14. The molecule has 3 aromatic carbocycles. The molecule has 0 bridgehead atoms. The van der Waals surface area contributed by atoms with E-state index in [4.69, 9.17) is 14.2 Å². The van der Waals surface area contributed by atoms with Gasteiger partial charge in [-0.2, -0.15) is 0 Å². The summed E-state index contributed by atoms with van der Waals surface area (Å²) < 4.78 is 47.9. The maximum atomic E-state index is 14.6. The Kier molecular flexibility index (Phi) is 11.5. The van der Waals surface area contributed by atoms with Gasteiger partial charge >= 0.3 is 17.7 Å². The van der Waals surface area contributed by atoms with Crippen LogP contribution in [0.1, 0.15) is 35.8 Å². The van der Waals surface area contributed by atoms with E-state index in [2.05, 4.69) is 25.9 Å². The second-order valence-corrected chi connectivity index (χ2v) is 12.7. The first-order chi connectivity index (χ1) is 26.8. The summed E-state index contributed by atoms with van der Waals surface area (Å²) in [6, 6.07) is 17.6. The Morgan fingerprint density at radius 3 is 2.39 bits per heavy atom. The fraction of sp³-hybridized carbons (Fsp3) is 0.306. The number of rotatable bonds is 13. The molecule has 3 heterocycles. The zero-order valence-electron chi connectivity index (χ0n) is 29.5. The molecule has 1 aliphatic heterocycles. The minimum atomic E-state index is -3.25. The van der Waals surface area contributed by atoms with Crippen molar-refractivity contribution in [2.75, 3.05) is 13.7 Å². The van der Waals surface area contributed by atoms with E-state index in [-0.39, 0.29) is 11.4 Å². The number of nitrogens with one attached hydrogen (secondary N) is 1. The summed E-state index contributed by atoms with van der Waals surface area (Å²) in [7, 11) is 1.23. The molecule has 1 fully saturated rings. The quantitative estimate of drug-likeness (QED) is 0.0925. The van der Waals surface area contributed by atoms with Crippen molar-refractivity contribution < 1.29 is 62.9 Å². The Bertz CT molecular complexity index is 2220. The molecular weight excluding hydrogens is 744 g/mol. The summed E-state index contributed by atoms with van der Waals surface area (Å²) in [6.45, 7) is 0.0651. The number of methoxy groups -OCH3 is 1. The van der Waals surface area contributed by atoms with E-state index in [0.29, 0.717) is 28.2 Å². The molecule has 0 radical (unpaired) electrons. The van der Waals surface area contributed by atoms with Crippen molar-refractivity contribution in [1.29, 1.82) is 0 Å². The van der Waals surface area contributed by atoms with E-state index in [9.17, 15) is 48.7 Å². The molecule has 5 aromatic rings. The van der Waals surface area contributed by atoms with Crippen LogP contribution in [-0.2, 0) is 19.1 Å². The van der Waals surface area contributed by atoms with Gasteiger partial charge in [-0.3, -0.25) is 4.79 Å². The van der Waals surface area contributed by atoms with Gasteiger partial charge < -0.3 is 45.1 Å². The molecular formula is C36H35F2N7O11. The monoisotopic (exact) mass is 779 g/mol.